The molecule has 1 N–H and O–H groups in total. The molecule has 0 aliphatic rings. The fourth-order valence-corrected chi connectivity index (χ4v) is 1.82. The summed E-state index contributed by atoms with van der Waals surface area (Å²) in [7, 11) is 4.67. The molecule has 1 rings (SSSR count). The second-order valence-electron chi connectivity index (χ2n) is 4.45. The van der Waals surface area contributed by atoms with E-state index in [0.29, 0.717) is 30.4 Å². The molecule has 0 fully saturated rings. The molecular formula is C15H23NO5. The van der Waals surface area contributed by atoms with E-state index in [2.05, 4.69) is 5.32 Å². The highest BCUT2D eigenvalue weighted by atomic mass is 16.5. The number of hydrogen-bond acceptors (Lipinski definition) is 6. The fraction of sp³-hybridized carbons (Fsp3) is 0.533. The van der Waals surface area contributed by atoms with Crippen LogP contribution in [0.5, 0.6) is 17.2 Å². The molecule has 0 aromatic heterocycles. The van der Waals surface area contributed by atoms with E-state index in [9.17, 15) is 4.79 Å². The molecule has 118 valence electrons. The zero-order valence-electron chi connectivity index (χ0n) is 13.2. The van der Waals surface area contributed by atoms with Gasteiger partial charge >= 0.3 is 5.97 Å². The van der Waals surface area contributed by atoms with Gasteiger partial charge < -0.3 is 24.3 Å². The Balaban J connectivity index is 2.82. The number of carbonyl (C=O) groups is 1. The van der Waals surface area contributed by atoms with Gasteiger partial charge in [-0.15, -0.1) is 0 Å². The molecule has 0 aliphatic heterocycles. The fourth-order valence-electron chi connectivity index (χ4n) is 1.82. The minimum absolute atomic E-state index is 0.225. The second-order valence-corrected chi connectivity index (χ2v) is 4.45. The lowest BCUT2D eigenvalue weighted by Gasteiger charge is -2.16. The molecule has 6 nitrogen and oxygen atoms in total. The average molecular weight is 297 g/mol. The summed E-state index contributed by atoms with van der Waals surface area (Å²) in [5, 5.41) is 3.17. The molecule has 1 aromatic rings. The van der Waals surface area contributed by atoms with Crippen LogP contribution in [0, 0.1) is 5.92 Å². The van der Waals surface area contributed by atoms with Crippen molar-refractivity contribution in [2.45, 2.75) is 13.8 Å². The van der Waals surface area contributed by atoms with Crippen LogP contribution in [0.15, 0.2) is 12.1 Å². The first kappa shape index (κ1) is 16.9. The molecular weight excluding hydrogens is 274 g/mol. The average Bonchev–Trinajstić information content (AvgIpc) is 2.51. The quantitative estimate of drug-likeness (QED) is 0.743. The van der Waals surface area contributed by atoms with Crippen LogP contribution in [0.1, 0.15) is 13.8 Å². The molecule has 1 aromatic carbocycles. The Morgan fingerprint density at radius 2 is 1.71 bits per heavy atom. The van der Waals surface area contributed by atoms with Crippen LogP contribution in [0.4, 0.5) is 5.69 Å². The standard InChI is InChI=1S/C15H23NO5/c1-6-21-15(17)10(2)9-16-11-7-12(18-3)14(20-5)13(8-11)19-4/h7-8,10,16H,6,9H2,1-5H3. The van der Waals surface area contributed by atoms with Crippen LogP contribution in [-0.4, -0.2) is 40.5 Å². The number of methoxy groups -OCH3 is 3. The Hall–Kier alpha value is -2.11. The molecule has 0 aliphatic carbocycles. The van der Waals surface area contributed by atoms with Crippen LogP contribution in [0.25, 0.3) is 0 Å². The summed E-state index contributed by atoms with van der Waals surface area (Å²) in [6, 6.07) is 3.58. The van der Waals surface area contributed by atoms with Crippen molar-refractivity contribution in [2.24, 2.45) is 5.92 Å². The Morgan fingerprint density at radius 3 is 2.14 bits per heavy atom. The molecule has 0 saturated carbocycles. The van der Waals surface area contributed by atoms with Crippen LogP contribution < -0.4 is 19.5 Å². The number of rotatable bonds is 8. The van der Waals surface area contributed by atoms with E-state index in [1.807, 2.05) is 6.92 Å². The lowest BCUT2D eigenvalue weighted by molar-refractivity contribution is -0.146. The summed E-state index contributed by atoms with van der Waals surface area (Å²) < 4.78 is 20.8. The predicted molar refractivity (Wildman–Crippen MR) is 80.4 cm³/mol. The number of ether oxygens (including phenoxy) is 4. The van der Waals surface area contributed by atoms with Gasteiger partial charge in [-0.1, -0.05) is 6.92 Å². The number of anilines is 1. The minimum Gasteiger partial charge on any atom is -0.493 e. The van der Waals surface area contributed by atoms with Crippen LogP contribution in [-0.2, 0) is 9.53 Å². The maximum absolute atomic E-state index is 11.6. The molecule has 6 heteroatoms. The Kier molecular flexibility index (Phi) is 6.65. The lowest BCUT2D eigenvalue weighted by atomic mass is 10.1. The third-order valence-electron chi connectivity index (χ3n) is 2.97. The van der Waals surface area contributed by atoms with Gasteiger partial charge in [0.1, 0.15) is 0 Å². The number of hydrogen-bond donors (Lipinski definition) is 1. The van der Waals surface area contributed by atoms with E-state index in [0.717, 1.165) is 5.69 Å². The SMILES string of the molecule is CCOC(=O)C(C)CNc1cc(OC)c(OC)c(OC)c1. The van der Waals surface area contributed by atoms with Gasteiger partial charge in [0.2, 0.25) is 5.75 Å². The predicted octanol–water partition coefficient (Wildman–Crippen LogP) is 2.32. The first-order valence-corrected chi connectivity index (χ1v) is 6.77. The van der Waals surface area contributed by atoms with Crippen molar-refractivity contribution >= 4 is 11.7 Å². The number of nitrogens with one attached hydrogen (secondary N) is 1. The maximum atomic E-state index is 11.6. The largest absolute Gasteiger partial charge is 0.493 e. The van der Waals surface area contributed by atoms with E-state index < -0.39 is 0 Å². The van der Waals surface area contributed by atoms with Gasteiger partial charge in [0.25, 0.3) is 0 Å². The molecule has 0 radical (unpaired) electrons. The van der Waals surface area contributed by atoms with Crippen molar-refractivity contribution in [2.75, 3.05) is 39.8 Å². The van der Waals surface area contributed by atoms with E-state index in [1.54, 1.807) is 40.4 Å². The lowest BCUT2D eigenvalue weighted by Crippen LogP contribution is -2.22. The monoisotopic (exact) mass is 297 g/mol. The molecule has 0 amide bonds. The van der Waals surface area contributed by atoms with E-state index >= 15 is 0 Å². The summed E-state index contributed by atoms with van der Waals surface area (Å²) in [6.07, 6.45) is 0. The minimum atomic E-state index is -0.246. The third-order valence-corrected chi connectivity index (χ3v) is 2.97. The smallest absolute Gasteiger partial charge is 0.310 e. The third kappa shape index (κ3) is 4.44. The maximum Gasteiger partial charge on any atom is 0.310 e. The highest BCUT2D eigenvalue weighted by molar-refractivity contribution is 5.73. The van der Waals surface area contributed by atoms with Gasteiger partial charge in [-0.3, -0.25) is 4.79 Å². The van der Waals surface area contributed by atoms with Crippen molar-refractivity contribution in [3.05, 3.63) is 12.1 Å². The molecule has 1 unspecified atom stereocenters. The molecule has 21 heavy (non-hydrogen) atoms. The van der Waals surface area contributed by atoms with Gasteiger partial charge in [0, 0.05) is 24.4 Å². The summed E-state index contributed by atoms with van der Waals surface area (Å²) in [5.41, 5.74) is 0.778. The van der Waals surface area contributed by atoms with Crippen molar-refractivity contribution in [3.63, 3.8) is 0 Å². The molecule has 0 bridgehead atoms. The van der Waals surface area contributed by atoms with E-state index in [-0.39, 0.29) is 11.9 Å². The molecule has 1 atom stereocenters. The van der Waals surface area contributed by atoms with Crippen LogP contribution in [0.3, 0.4) is 0 Å². The topological polar surface area (TPSA) is 66.0 Å². The summed E-state index contributed by atoms with van der Waals surface area (Å²) in [4.78, 5) is 11.6. The van der Waals surface area contributed by atoms with Crippen LogP contribution in [0.2, 0.25) is 0 Å². The normalized spacial score (nSPS) is 11.5. The van der Waals surface area contributed by atoms with Gasteiger partial charge in [-0.05, 0) is 6.92 Å². The number of esters is 1. The van der Waals surface area contributed by atoms with Crippen LogP contribution >= 0.6 is 0 Å². The van der Waals surface area contributed by atoms with Crippen molar-refractivity contribution in [1.82, 2.24) is 0 Å². The van der Waals surface area contributed by atoms with Crippen molar-refractivity contribution < 1.29 is 23.7 Å². The summed E-state index contributed by atoms with van der Waals surface area (Å²) in [6.45, 7) is 4.44. The molecule has 0 saturated heterocycles. The van der Waals surface area contributed by atoms with Gasteiger partial charge in [-0.25, -0.2) is 0 Å². The van der Waals surface area contributed by atoms with Crippen molar-refractivity contribution in [3.8, 4) is 17.2 Å². The second kappa shape index (κ2) is 8.24. The number of benzene rings is 1. The first-order valence-electron chi connectivity index (χ1n) is 6.77. The number of carbonyl (C=O) groups excluding carboxylic acids is 1. The highest BCUT2D eigenvalue weighted by Gasteiger charge is 2.16. The zero-order valence-corrected chi connectivity index (χ0v) is 13.2. The molecule has 0 spiro atoms. The van der Waals surface area contributed by atoms with Crippen molar-refractivity contribution in [1.29, 1.82) is 0 Å². The Morgan fingerprint density at radius 1 is 1.14 bits per heavy atom. The Labute approximate surface area is 125 Å². The van der Waals surface area contributed by atoms with Gasteiger partial charge in [0.05, 0.1) is 33.9 Å². The zero-order chi connectivity index (χ0) is 15.8. The summed E-state index contributed by atoms with van der Waals surface area (Å²) in [5.74, 6) is 1.18. The highest BCUT2D eigenvalue weighted by Crippen LogP contribution is 2.39. The van der Waals surface area contributed by atoms with Gasteiger partial charge in [-0.2, -0.15) is 0 Å². The Bertz CT molecular complexity index is 450. The van der Waals surface area contributed by atoms with Gasteiger partial charge in [0.15, 0.2) is 11.5 Å². The van der Waals surface area contributed by atoms with E-state index in [4.69, 9.17) is 18.9 Å². The first-order chi connectivity index (χ1) is 10.1. The summed E-state index contributed by atoms with van der Waals surface area (Å²) >= 11 is 0. The molecule has 0 heterocycles. The van der Waals surface area contributed by atoms with E-state index in [1.165, 1.54) is 0 Å².